The van der Waals surface area contributed by atoms with E-state index in [1.165, 1.54) is 5.82 Å². The van der Waals surface area contributed by atoms with Crippen molar-refractivity contribution >= 4 is 6.20 Å². The maximum atomic E-state index is 3.69. The van der Waals surface area contributed by atoms with Gasteiger partial charge in [0.1, 0.15) is 12.4 Å². The normalized spacial score (nSPS) is 9.36. The molecule has 1 N–H and O–H groups in total. The van der Waals surface area contributed by atoms with Crippen LogP contribution in [-0.4, -0.2) is 4.98 Å². The Hall–Kier alpha value is -0.570. The summed E-state index contributed by atoms with van der Waals surface area (Å²) in [4.78, 5) is 3.15. The van der Waals surface area contributed by atoms with E-state index in [1.54, 1.807) is 6.20 Å². The standard InChI is InChI=1S/C8H12N2.BrH/c1-4-10-6-5-9-8(10)7(2)3;/h4-7H,1H2,2-3H3;1H. The van der Waals surface area contributed by atoms with Crippen molar-refractivity contribution in [2.75, 3.05) is 0 Å². The molecule has 1 aromatic rings. The summed E-state index contributed by atoms with van der Waals surface area (Å²) in [6.45, 7) is 7.98. The van der Waals surface area contributed by atoms with Gasteiger partial charge in [-0.3, -0.25) is 0 Å². The molecule has 0 bridgehead atoms. The fourth-order valence-electron chi connectivity index (χ4n) is 0.982. The predicted octanol–water partition coefficient (Wildman–Crippen LogP) is -1.47. The number of hydrogen-bond donors (Lipinski definition) is 1. The minimum atomic E-state index is 0. The molecule has 2 nitrogen and oxygen atoms in total. The third-order valence-electron chi connectivity index (χ3n) is 1.49. The van der Waals surface area contributed by atoms with E-state index >= 15 is 0 Å². The van der Waals surface area contributed by atoms with Crippen LogP contribution < -0.4 is 21.5 Å². The van der Waals surface area contributed by atoms with Crippen molar-refractivity contribution in [1.29, 1.82) is 0 Å². The molecule has 0 aliphatic rings. The monoisotopic (exact) mass is 216 g/mol. The van der Waals surface area contributed by atoms with Gasteiger partial charge in [-0.05, 0) is 0 Å². The SMILES string of the molecule is C=C[n+]1cc[nH]c1C(C)C.[Br-]. The van der Waals surface area contributed by atoms with Gasteiger partial charge in [0.2, 0.25) is 0 Å². The maximum Gasteiger partial charge on any atom is 0.261 e. The molecular formula is C8H13BrN2. The Kier molecular flexibility index (Phi) is 4.11. The first-order valence-corrected chi connectivity index (χ1v) is 3.46. The van der Waals surface area contributed by atoms with Crippen LogP contribution in [0.4, 0.5) is 0 Å². The fraction of sp³-hybridized carbons (Fsp3) is 0.375. The molecule has 3 heteroatoms. The average Bonchev–Trinajstić information content (AvgIpc) is 2.33. The molecule has 0 saturated carbocycles. The number of aromatic nitrogens is 2. The molecule has 0 atom stereocenters. The molecule has 1 rings (SSSR count). The third kappa shape index (κ3) is 2.19. The molecule has 1 aromatic heterocycles. The number of halogens is 1. The number of nitrogens with zero attached hydrogens (tertiary/aromatic N) is 1. The summed E-state index contributed by atoms with van der Waals surface area (Å²) in [5.41, 5.74) is 0. The number of H-pyrrole nitrogens is 1. The summed E-state index contributed by atoms with van der Waals surface area (Å²) in [5.74, 6) is 1.71. The first kappa shape index (κ1) is 10.4. The van der Waals surface area contributed by atoms with Crippen molar-refractivity contribution in [2.24, 2.45) is 0 Å². The summed E-state index contributed by atoms with van der Waals surface area (Å²) in [7, 11) is 0. The topological polar surface area (TPSA) is 19.7 Å². The molecule has 0 saturated heterocycles. The van der Waals surface area contributed by atoms with Crippen molar-refractivity contribution in [3.05, 3.63) is 24.8 Å². The molecule has 0 aromatic carbocycles. The van der Waals surface area contributed by atoms with Gasteiger partial charge in [0.25, 0.3) is 5.82 Å². The van der Waals surface area contributed by atoms with Gasteiger partial charge < -0.3 is 17.0 Å². The third-order valence-corrected chi connectivity index (χ3v) is 1.49. The lowest BCUT2D eigenvalue weighted by Crippen LogP contribution is -3.00. The van der Waals surface area contributed by atoms with Crippen LogP contribution in [0.3, 0.4) is 0 Å². The highest BCUT2D eigenvalue weighted by Crippen LogP contribution is 2.04. The van der Waals surface area contributed by atoms with Gasteiger partial charge in [-0.15, -0.1) is 0 Å². The molecule has 1 heterocycles. The van der Waals surface area contributed by atoms with Gasteiger partial charge in [-0.1, -0.05) is 20.4 Å². The molecule has 0 amide bonds. The fourth-order valence-corrected chi connectivity index (χ4v) is 0.982. The zero-order valence-corrected chi connectivity index (χ0v) is 8.43. The Labute approximate surface area is 77.7 Å². The van der Waals surface area contributed by atoms with Crippen LogP contribution >= 0.6 is 0 Å². The highest BCUT2D eigenvalue weighted by Gasteiger charge is 2.10. The minimum absolute atomic E-state index is 0. The van der Waals surface area contributed by atoms with Gasteiger partial charge in [-0.25, -0.2) is 9.55 Å². The molecule has 0 spiro atoms. The quantitative estimate of drug-likeness (QED) is 0.583. The first-order chi connectivity index (χ1) is 4.75. The maximum absolute atomic E-state index is 3.69. The van der Waals surface area contributed by atoms with Crippen LogP contribution in [0.15, 0.2) is 19.0 Å². The van der Waals surface area contributed by atoms with E-state index in [0.29, 0.717) is 5.92 Å². The van der Waals surface area contributed by atoms with Gasteiger partial charge in [0.15, 0.2) is 0 Å². The van der Waals surface area contributed by atoms with E-state index in [4.69, 9.17) is 0 Å². The molecule has 11 heavy (non-hydrogen) atoms. The Morgan fingerprint density at radius 3 is 2.64 bits per heavy atom. The van der Waals surface area contributed by atoms with Crippen LogP contribution in [0.1, 0.15) is 25.6 Å². The van der Waals surface area contributed by atoms with Crippen molar-refractivity contribution < 1.29 is 21.5 Å². The molecule has 0 radical (unpaired) electrons. The molecule has 0 aliphatic heterocycles. The van der Waals surface area contributed by atoms with Crippen LogP contribution in [0.5, 0.6) is 0 Å². The minimum Gasteiger partial charge on any atom is -1.00 e. The second-order valence-corrected chi connectivity index (χ2v) is 2.59. The Bertz CT molecular complexity index is 228. The highest BCUT2D eigenvalue weighted by atomic mass is 79.9. The Balaban J connectivity index is 0.000001000. The summed E-state index contributed by atoms with van der Waals surface area (Å²) in [6, 6.07) is 0. The summed E-state index contributed by atoms with van der Waals surface area (Å²) < 4.78 is 1.99. The van der Waals surface area contributed by atoms with Crippen molar-refractivity contribution in [1.82, 2.24) is 4.98 Å². The van der Waals surface area contributed by atoms with E-state index in [2.05, 4.69) is 25.4 Å². The van der Waals surface area contributed by atoms with Crippen molar-refractivity contribution in [3.8, 4) is 0 Å². The smallest absolute Gasteiger partial charge is 0.261 e. The van der Waals surface area contributed by atoms with E-state index in [-0.39, 0.29) is 17.0 Å². The average molecular weight is 217 g/mol. The summed E-state index contributed by atoms with van der Waals surface area (Å²) >= 11 is 0. The predicted molar refractivity (Wildman–Crippen MR) is 41.5 cm³/mol. The van der Waals surface area contributed by atoms with Crippen LogP contribution in [0.25, 0.3) is 6.20 Å². The number of hydrogen-bond acceptors (Lipinski definition) is 0. The largest absolute Gasteiger partial charge is 1.00 e. The lowest BCUT2D eigenvalue weighted by Gasteiger charge is -1.95. The van der Waals surface area contributed by atoms with E-state index < -0.39 is 0 Å². The summed E-state index contributed by atoms with van der Waals surface area (Å²) in [6.07, 6.45) is 5.67. The first-order valence-electron chi connectivity index (χ1n) is 3.46. The Morgan fingerprint density at radius 1 is 1.64 bits per heavy atom. The van der Waals surface area contributed by atoms with Gasteiger partial charge >= 0.3 is 0 Å². The molecule has 62 valence electrons. The molecule has 0 aliphatic carbocycles. The van der Waals surface area contributed by atoms with Crippen LogP contribution in [-0.2, 0) is 0 Å². The van der Waals surface area contributed by atoms with Crippen molar-refractivity contribution in [2.45, 2.75) is 19.8 Å². The molecular weight excluding hydrogens is 204 g/mol. The highest BCUT2D eigenvalue weighted by molar-refractivity contribution is 4.99. The van der Waals surface area contributed by atoms with Gasteiger partial charge in [0, 0.05) is 0 Å². The Morgan fingerprint density at radius 2 is 2.27 bits per heavy atom. The van der Waals surface area contributed by atoms with E-state index in [1.807, 2.05) is 17.0 Å². The number of rotatable bonds is 2. The van der Waals surface area contributed by atoms with E-state index in [9.17, 15) is 0 Å². The van der Waals surface area contributed by atoms with E-state index in [0.717, 1.165) is 0 Å². The number of nitrogens with one attached hydrogen (secondary N) is 1. The second kappa shape index (κ2) is 4.34. The molecule has 0 fully saturated rings. The summed E-state index contributed by atoms with van der Waals surface area (Å²) in [5, 5.41) is 0. The zero-order valence-electron chi connectivity index (χ0n) is 6.84. The van der Waals surface area contributed by atoms with Crippen LogP contribution in [0, 0.1) is 0 Å². The lowest BCUT2D eigenvalue weighted by molar-refractivity contribution is -0.576. The van der Waals surface area contributed by atoms with Gasteiger partial charge in [-0.2, -0.15) is 0 Å². The number of aromatic amines is 1. The number of imidazole rings is 1. The second-order valence-electron chi connectivity index (χ2n) is 2.59. The molecule has 0 unspecified atom stereocenters. The van der Waals surface area contributed by atoms with Crippen LogP contribution in [0.2, 0.25) is 0 Å². The van der Waals surface area contributed by atoms with Crippen molar-refractivity contribution in [3.63, 3.8) is 0 Å². The zero-order chi connectivity index (χ0) is 7.56. The van der Waals surface area contributed by atoms with Gasteiger partial charge in [0.05, 0.1) is 12.1 Å². The lowest BCUT2D eigenvalue weighted by atomic mass is 10.2.